The van der Waals surface area contributed by atoms with Crippen molar-refractivity contribution in [1.29, 1.82) is 0 Å². The summed E-state index contributed by atoms with van der Waals surface area (Å²) in [5, 5.41) is 13.0. The zero-order valence-electron chi connectivity index (χ0n) is 15.0. The van der Waals surface area contributed by atoms with Gasteiger partial charge in [0.05, 0.1) is 18.8 Å². The molecule has 5 nitrogen and oxygen atoms in total. The van der Waals surface area contributed by atoms with Gasteiger partial charge in [-0.3, -0.25) is 0 Å². The molecule has 24 heavy (non-hydrogen) atoms. The minimum Gasteiger partial charge on any atom is -0.393 e. The van der Waals surface area contributed by atoms with E-state index in [4.69, 9.17) is 4.74 Å². The lowest BCUT2D eigenvalue weighted by Gasteiger charge is -2.31. The Bertz CT molecular complexity index is 533. The van der Waals surface area contributed by atoms with Crippen molar-refractivity contribution < 1.29 is 14.6 Å². The maximum atomic E-state index is 12.4. The molecular formula is C19H30N2O3. The number of amides is 2. The number of hydrogen-bond acceptors (Lipinski definition) is 3. The Morgan fingerprint density at radius 1 is 1.38 bits per heavy atom. The van der Waals surface area contributed by atoms with Gasteiger partial charge < -0.3 is 20.1 Å². The topological polar surface area (TPSA) is 61.8 Å². The number of aliphatic hydroxyl groups excluding tert-OH is 1. The Labute approximate surface area is 145 Å². The number of nitrogens with zero attached hydrogens (tertiary/aromatic N) is 1. The number of ether oxygens (including phenoxy) is 1. The molecule has 1 fully saturated rings. The Kier molecular flexibility index (Phi) is 7.06. The maximum Gasteiger partial charge on any atom is 0.321 e. The standard InChI is InChI=1S/C19H30N2O3/c1-14(2)24-13-15-7-6-9-17(11-15)20-19(23)21(3)12-16-8-4-5-10-18(16)22/h6-7,9,11,14,16,18,22H,4-5,8,10,12-13H2,1-3H3,(H,20,23)/t16-,18-/m0/s1. The van der Waals surface area contributed by atoms with Crippen LogP contribution in [0, 0.1) is 5.92 Å². The number of carbonyl (C=O) groups is 1. The molecule has 0 spiro atoms. The summed E-state index contributed by atoms with van der Waals surface area (Å²) in [6, 6.07) is 7.57. The van der Waals surface area contributed by atoms with E-state index in [9.17, 15) is 9.90 Å². The maximum absolute atomic E-state index is 12.4. The van der Waals surface area contributed by atoms with E-state index in [0.717, 1.165) is 36.9 Å². The summed E-state index contributed by atoms with van der Waals surface area (Å²) in [6.45, 7) is 5.12. The molecule has 1 aromatic carbocycles. The molecule has 1 aromatic rings. The number of urea groups is 1. The number of aliphatic hydroxyl groups is 1. The first kappa shape index (κ1) is 18.7. The molecule has 0 aromatic heterocycles. The number of nitrogens with one attached hydrogen (secondary N) is 1. The van der Waals surface area contributed by atoms with Gasteiger partial charge in [0.1, 0.15) is 0 Å². The first-order valence-electron chi connectivity index (χ1n) is 8.86. The highest BCUT2D eigenvalue weighted by molar-refractivity contribution is 5.89. The third-order valence-electron chi connectivity index (χ3n) is 4.49. The first-order chi connectivity index (χ1) is 11.5. The normalized spacial score (nSPS) is 20.9. The molecule has 0 heterocycles. The lowest BCUT2D eigenvalue weighted by Crippen LogP contribution is -2.40. The fourth-order valence-corrected chi connectivity index (χ4v) is 3.06. The highest BCUT2D eigenvalue weighted by atomic mass is 16.5. The van der Waals surface area contributed by atoms with Crippen LogP contribution in [0.3, 0.4) is 0 Å². The van der Waals surface area contributed by atoms with Crippen LogP contribution in [-0.4, -0.2) is 41.8 Å². The largest absolute Gasteiger partial charge is 0.393 e. The molecule has 2 atom stereocenters. The molecule has 0 aliphatic heterocycles. The van der Waals surface area contributed by atoms with Gasteiger partial charge in [0.15, 0.2) is 0 Å². The van der Waals surface area contributed by atoms with E-state index in [0.29, 0.717) is 13.2 Å². The van der Waals surface area contributed by atoms with E-state index < -0.39 is 0 Å². The third-order valence-corrected chi connectivity index (χ3v) is 4.49. The van der Waals surface area contributed by atoms with Crippen molar-refractivity contribution in [2.24, 2.45) is 5.92 Å². The highest BCUT2D eigenvalue weighted by Crippen LogP contribution is 2.25. The van der Waals surface area contributed by atoms with E-state index in [1.807, 2.05) is 38.1 Å². The molecule has 0 saturated heterocycles. The van der Waals surface area contributed by atoms with Gasteiger partial charge in [0, 0.05) is 25.2 Å². The van der Waals surface area contributed by atoms with Gasteiger partial charge in [0.25, 0.3) is 0 Å². The summed E-state index contributed by atoms with van der Waals surface area (Å²) in [4.78, 5) is 14.0. The number of anilines is 1. The van der Waals surface area contributed by atoms with Crippen LogP contribution in [0.2, 0.25) is 0 Å². The number of carbonyl (C=O) groups excluding carboxylic acids is 1. The monoisotopic (exact) mass is 334 g/mol. The lowest BCUT2D eigenvalue weighted by molar-refractivity contribution is 0.0575. The Morgan fingerprint density at radius 2 is 2.12 bits per heavy atom. The van der Waals surface area contributed by atoms with Crippen LogP contribution in [0.25, 0.3) is 0 Å². The Hall–Kier alpha value is -1.59. The molecule has 1 aliphatic carbocycles. The second kappa shape index (κ2) is 9.04. The minimum atomic E-state index is -0.287. The van der Waals surface area contributed by atoms with E-state index in [1.54, 1.807) is 11.9 Å². The first-order valence-corrected chi connectivity index (χ1v) is 8.86. The molecular weight excluding hydrogens is 304 g/mol. The molecule has 134 valence electrons. The van der Waals surface area contributed by atoms with Crippen LogP contribution in [0.4, 0.5) is 10.5 Å². The van der Waals surface area contributed by atoms with E-state index in [-0.39, 0.29) is 24.2 Å². The lowest BCUT2D eigenvalue weighted by atomic mass is 9.86. The molecule has 2 N–H and O–H groups in total. The summed E-state index contributed by atoms with van der Waals surface area (Å²) < 4.78 is 5.60. The van der Waals surface area contributed by atoms with Crippen molar-refractivity contribution in [1.82, 2.24) is 4.90 Å². The second-order valence-electron chi connectivity index (χ2n) is 6.98. The smallest absolute Gasteiger partial charge is 0.321 e. The van der Waals surface area contributed by atoms with Gasteiger partial charge in [-0.2, -0.15) is 0 Å². The van der Waals surface area contributed by atoms with Crippen LogP contribution >= 0.6 is 0 Å². The van der Waals surface area contributed by atoms with Gasteiger partial charge in [0.2, 0.25) is 0 Å². The Morgan fingerprint density at radius 3 is 2.83 bits per heavy atom. The zero-order chi connectivity index (χ0) is 17.5. The number of hydrogen-bond donors (Lipinski definition) is 2. The van der Waals surface area contributed by atoms with E-state index in [2.05, 4.69) is 5.32 Å². The van der Waals surface area contributed by atoms with E-state index in [1.165, 1.54) is 0 Å². The summed E-state index contributed by atoms with van der Waals surface area (Å²) in [6.07, 6.45) is 3.94. The van der Waals surface area contributed by atoms with Crippen LogP contribution in [0.5, 0.6) is 0 Å². The summed E-state index contributed by atoms with van der Waals surface area (Å²) >= 11 is 0. The molecule has 2 rings (SSSR count). The SMILES string of the molecule is CC(C)OCc1cccc(NC(=O)N(C)C[C@@H]2CCCC[C@@H]2O)c1. The minimum absolute atomic E-state index is 0.144. The quantitative estimate of drug-likeness (QED) is 0.835. The molecule has 0 bridgehead atoms. The van der Waals surface area contributed by atoms with Gasteiger partial charge in [-0.05, 0) is 44.4 Å². The summed E-state index contributed by atoms with van der Waals surface area (Å²) in [7, 11) is 1.78. The van der Waals surface area contributed by atoms with Gasteiger partial charge >= 0.3 is 6.03 Å². The van der Waals surface area contributed by atoms with Crippen molar-refractivity contribution in [3.8, 4) is 0 Å². The predicted octanol–water partition coefficient (Wildman–Crippen LogP) is 3.63. The average molecular weight is 334 g/mol. The number of benzene rings is 1. The van der Waals surface area contributed by atoms with Crippen LogP contribution in [-0.2, 0) is 11.3 Å². The van der Waals surface area contributed by atoms with Crippen LogP contribution in [0.15, 0.2) is 24.3 Å². The fraction of sp³-hybridized carbons (Fsp3) is 0.632. The van der Waals surface area contributed by atoms with Gasteiger partial charge in [-0.15, -0.1) is 0 Å². The third kappa shape index (κ3) is 5.80. The summed E-state index contributed by atoms with van der Waals surface area (Å²) in [5.74, 6) is 0.181. The molecule has 0 radical (unpaired) electrons. The molecule has 5 heteroatoms. The molecule has 2 amide bonds. The predicted molar refractivity (Wildman–Crippen MR) is 96.0 cm³/mol. The van der Waals surface area contributed by atoms with Crippen LogP contribution in [0.1, 0.15) is 45.1 Å². The highest BCUT2D eigenvalue weighted by Gasteiger charge is 2.25. The molecule has 0 unspecified atom stereocenters. The average Bonchev–Trinajstić information content (AvgIpc) is 2.55. The zero-order valence-corrected chi connectivity index (χ0v) is 15.0. The van der Waals surface area contributed by atoms with Gasteiger partial charge in [-0.25, -0.2) is 4.79 Å². The van der Waals surface area contributed by atoms with Crippen molar-refractivity contribution in [3.63, 3.8) is 0 Å². The van der Waals surface area contributed by atoms with Crippen LogP contribution < -0.4 is 5.32 Å². The second-order valence-corrected chi connectivity index (χ2v) is 6.98. The summed E-state index contributed by atoms with van der Waals surface area (Å²) in [5.41, 5.74) is 1.80. The molecule has 1 aliphatic rings. The molecule has 1 saturated carbocycles. The number of rotatable bonds is 6. The van der Waals surface area contributed by atoms with Crippen molar-refractivity contribution >= 4 is 11.7 Å². The Balaban J connectivity index is 1.87. The van der Waals surface area contributed by atoms with E-state index >= 15 is 0 Å². The van der Waals surface area contributed by atoms with Gasteiger partial charge in [-0.1, -0.05) is 25.0 Å². The van der Waals surface area contributed by atoms with Crippen molar-refractivity contribution in [2.45, 2.75) is 58.3 Å². The van der Waals surface area contributed by atoms with Crippen molar-refractivity contribution in [2.75, 3.05) is 18.9 Å². The van der Waals surface area contributed by atoms with Crippen molar-refractivity contribution in [3.05, 3.63) is 29.8 Å². The fourth-order valence-electron chi connectivity index (χ4n) is 3.06.